The van der Waals surface area contributed by atoms with Gasteiger partial charge in [0.05, 0.1) is 62.5 Å². The largest absolute Gasteiger partial charge is 0.462 e. The molecule has 18 rings (SSSR count). The number of hydrogen-bond acceptors (Lipinski definition) is 19. The van der Waals surface area contributed by atoms with Crippen molar-refractivity contribution >= 4 is 195 Å². The summed E-state index contributed by atoms with van der Waals surface area (Å²) in [5.74, 6) is 1.86. The number of aldehydes is 4. The lowest BCUT2D eigenvalue weighted by atomic mass is 10.1. The van der Waals surface area contributed by atoms with E-state index in [1.165, 1.54) is 42.8 Å². The van der Waals surface area contributed by atoms with Gasteiger partial charge in [0.2, 0.25) is 5.89 Å². The van der Waals surface area contributed by atoms with Crippen molar-refractivity contribution in [2.75, 3.05) is 6.61 Å². The molecule has 0 radical (unpaired) electrons. The van der Waals surface area contributed by atoms with Crippen molar-refractivity contribution in [2.45, 2.75) is 6.92 Å². The zero-order valence-corrected chi connectivity index (χ0v) is 74.8. The van der Waals surface area contributed by atoms with Crippen LogP contribution >= 0.6 is 45.3 Å². The Bertz CT molecular complexity index is 6570. The minimum Gasteiger partial charge on any atom is -0.462 e. The van der Waals surface area contributed by atoms with Gasteiger partial charge in [0.15, 0.2) is 35.9 Å². The Morgan fingerprint density at radius 3 is 1.66 bits per heavy atom. The van der Waals surface area contributed by atoms with Crippen molar-refractivity contribution in [3.63, 3.8) is 0 Å². The van der Waals surface area contributed by atoms with E-state index in [9.17, 15) is 28.8 Å². The number of para-hydroxylation sites is 4. The van der Waals surface area contributed by atoms with Crippen LogP contribution in [0.15, 0.2) is 397 Å². The number of hydrogen-bond donors (Lipinski definition) is 0. The van der Waals surface area contributed by atoms with Crippen LogP contribution in [-0.4, -0.2) is 58.7 Å². The molecule has 0 fully saturated rings. The summed E-state index contributed by atoms with van der Waals surface area (Å²) in [6.07, 6.45) is 23.6. The van der Waals surface area contributed by atoms with Crippen LogP contribution in [0.2, 0.25) is 0 Å². The SMILES string of the molecule is C=C/C(C#N)=C/c1ccc(C)cc1.C=Cc1cc2ccccc2o1.C=Cc1cc2ccccc2s1.C=Cc1ccc(/C=C(\C#N)COC=O)cc1.C=Cc1nc2ccccc2o1.C=Cc1nc2ccccc2s1.Cn1cccc1C=O.O=Cc1ccc2cc(OC(=O)c3ccc4ccccc4c3)ccc2c1.O=Cc1ccco1.O=Cc1cccs1.[C-]#[N+]/C(C=C)=C\c1cccs1. The van der Waals surface area contributed by atoms with Crippen molar-refractivity contribution in [1.82, 2.24) is 14.5 Å². The van der Waals surface area contributed by atoms with Crippen LogP contribution in [0.5, 0.6) is 5.75 Å². The number of aromatic nitrogens is 3. The van der Waals surface area contributed by atoms with Gasteiger partial charge in [0.25, 0.3) is 6.47 Å². The first-order chi connectivity index (χ1) is 63.9. The Morgan fingerprint density at radius 2 is 1.11 bits per heavy atom. The first-order valence-electron chi connectivity index (χ1n) is 39.8. The Balaban J connectivity index is 0.000000181. The highest BCUT2D eigenvalue weighted by Gasteiger charge is 2.11. The van der Waals surface area contributed by atoms with Gasteiger partial charge in [-0.3, -0.25) is 24.0 Å². The molecule has 0 saturated carbocycles. The second-order valence-electron chi connectivity index (χ2n) is 26.8. The van der Waals surface area contributed by atoms with Gasteiger partial charge in [-0.25, -0.2) is 19.6 Å². The van der Waals surface area contributed by atoms with Crippen LogP contribution < -0.4 is 4.74 Å². The average molecular weight is 1800 g/mol. The van der Waals surface area contributed by atoms with Gasteiger partial charge < -0.3 is 27.3 Å². The molecule has 18 aromatic rings. The zero-order valence-electron chi connectivity index (χ0n) is 71.6. The molecule has 21 heteroatoms. The Kier molecular flexibility index (Phi) is 42.1. The molecule has 0 amide bonds. The number of carbonyl (C=O) groups excluding carboxylic acids is 6. The first kappa shape index (κ1) is 99.5. The van der Waals surface area contributed by atoms with Gasteiger partial charge in [-0.2, -0.15) is 10.5 Å². The number of nitriles is 2. The molecule has 0 unspecified atom stereocenters. The van der Waals surface area contributed by atoms with Crippen LogP contribution in [0.4, 0.5) is 0 Å². The predicted molar refractivity (Wildman–Crippen MR) is 541 cm³/mol. The van der Waals surface area contributed by atoms with E-state index in [1.807, 2.05) is 249 Å². The molecule has 0 bridgehead atoms. The minimum absolute atomic E-state index is 0.00318. The second kappa shape index (κ2) is 55.4. The van der Waals surface area contributed by atoms with E-state index in [0.29, 0.717) is 63.8 Å². The number of esters is 1. The number of benzene rings is 10. The van der Waals surface area contributed by atoms with E-state index in [0.717, 1.165) is 105 Å². The van der Waals surface area contributed by atoms with Gasteiger partial charge in [-0.1, -0.05) is 239 Å². The highest BCUT2D eigenvalue weighted by molar-refractivity contribution is 7.20. The van der Waals surface area contributed by atoms with Crippen LogP contribution in [0.25, 0.3) is 117 Å². The Hall–Kier alpha value is -17.0. The molecule has 0 spiro atoms. The minimum atomic E-state index is -0.394. The highest BCUT2D eigenvalue weighted by Crippen LogP contribution is 2.28. The Morgan fingerprint density at radius 1 is 0.481 bits per heavy atom. The first-order valence-corrected chi connectivity index (χ1v) is 43.2. The van der Waals surface area contributed by atoms with Crippen LogP contribution in [0, 0.1) is 36.2 Å². The Labute approximate surface area is 775 Å². The molecular weight excluding hydrogens is 1710 g/mol. The lowest BCUT2D eigenvalue weighted by molar-refractivity contribution is -0.127. The number of furan rings is 2. The number of oxazole rings is 1. The molecular formula is C110H88N6O11S4. The lowest BCUT2D eigenvalue weighted by Crippen LogP contribution is -2.08. The van der Waals surface area contributed by atoms with Gasteiger partial charge in [-0.05, 0) is 213 Å². The molecule has 131 heavy (non-hydrogen) atoms. The lowest BCUT2D eigenvalue weighted by Gasteiger charge is -2.07. The molecule has 0 N–H and O–H groups in total. The maximum atomic E-state index is 12.4. The molecule has 8 aromatic heterocycles. The van der Waals surface area contributed by atoms with Gasteiger partial charge in [-0.15, -0.1) is 51.9 Å². The molecule has 0 aliphatic carbocycles. The molecule has 17 nitrogen and oxygen atoms in total. The van der Waals surface area contributed by atoms with Gasteiger partial charge in [0, 0.05) is 38.6 Å². The maximum absolute atomic E-state index is 12.4. The van der Waals surface area contributed by atoms with E-state index in [-0.39, 0.29) is 6.61 Å². The van der Waals surface area contributed by atoms with E-state index in [1.54, 1.807) is 136 Å². The number of rotatable bonds is 19. The molecule has 648 valence electrons. The molecule has 0 saturated heterocycles. The topological polar surface area (TPSA) is 243 Å². The van der Waals surface area contributed by atoms with Crippen molar-refractivity contribution < 1.29 is 51.5 Å². The number of ether oxygens (including phenoxy) is 2. The zero-order chi connectivity index (χ0) is 93.8. The fourth-order valence-corrected chi connectivity index (χ4v) is 14.0. The van der Waals surface area contributed by atoms with E-state index in [2.05, 4.69) is 112 Å². The number of thiazole rings is 1. The molecule has 10 aromatic carbocycles. The maximum Gasteiger partial charge on any atom is 0.343 e. The number of fused-ring (bicyclic) bond motifs is 6. The van der Waals surface area contributed by atoms with Crippen molar-refractivity contribution in [3.8, 4) is 17.9 Å². The van der Waals surface area contributed by atoms with E-state index < -0.39 is 5.97 Å². The van der Waals surface area contributed by atoms with E-state index >= 15 is 0 Å². The number of thiophene rings is 3. The predicted octanol–water partition coefficient (Wildman–Crippen LogP) is 29.2. The van der Waals surface area contributed by atoms with Crippen molar-refractivity contribution in [1.29, 1.82) is 10.5 Å². The monoisotopic (exact) mass is 1800 g/mol. The normalized spacial score (nSPS) is 10.1. The number of allylic oxidation sites excluding steroid dienone is 3. The third-order valence-electron chi connectivity index (χ3n) is 17.7. The molecule has 8 heterocycles. The fraction of sp³-hybridized carbons (Fsp3) is 0.0273. The van der Waals surface area contributed by atoms with Crippen LogP contribution in [0.1, 0.15) is 100 Å². The standard InChI is InChI=1S/C22H14O3.C13H11NO2.C12H11N.C10H8O.C10H8S.C9H7NO.2C9H7NS.C6H7NO.C5H4O2.C5H4OS/c23-14-15-5-6-19-13-21(10-9-18(19)11-15)25-22(24)20-8-7-16-3-1-2-4-17(16)12-20;1-2-11-3-5-12(6-4-11)7-13(8-14)9-16-10-15;1-3-11(9-13)8-12-6-4-10(2)5-7-12;2*1-2-9-7-8-5-3-4-6-10(8)11-9;2*1-2-9-10-7-5-3-4-6-8(7)11-9;1-3-8(10-2)7-9-5-4-6-11-9;1-7-4-2-3-6(7)5-8;2*6-4-5-2-1-3-7-5/h1-14H;2-7,10H,1,9H2;3-8H,1H2,2H3;2*2-7H,1H2;2*2-6H,1H2;3-7H,1H2;2-5H,1H3;2*1-4H/b;13-7+;11-8-;;;;;8-7-;;;. The molecule has 0 atom stereocenters. The fourth-order valence-electron chi connectivity index (χ4n) is 11.1. The highest BCUT2D eigenvalue weighted by atomic mass is 32.1. The molecule has 0 aliphatic rings. The summed E-state index contributed by atoms with van der Waals surface area (Å²) in [5.41, 5.74) is 11.2. The summed E-state index contributed by atoms with van der Waals surface area (Å²) in [6, 6.07) is 94.3. The van der Waals surface area contributed by atoms with Gasteiger partial charge in [0.1, 0.15) is 40.5 Å². The second-order valence-corrected chi connectivity index (χ2v) is 30.9. The number of carbonyl (C=O) groups is 6. The summed E-state index contributed by atoms with van der Waals surface area (Å²) >= 11 is 6.52. The summed E-state index contributed by atoms with van der Waals surface area (Å²) in [4.78, 5) is 77.9. The summed E-state index contributed by atoms with van der Waals surface area (Å²) in [5, 5.41) is 28.6. The molecule has 0 aliphatic heterocycles. The summed E-state index contributed by atoms with van der Waals surface area (Å²) < 4.78 is 29.7. The number of nitrogens with zero attached hydrogens (tertiary/aromatic N) is 6. The number of aryl methyl sites for hydroxylation is 2. The van der Waals surface area contributed by atoms with Crippen molar-refractivity contribution in [2.24, 2.45) is 7.05 Å². The van der Waals surface area contributed by atoms with Crippen LogP contribution in [0.3, 0.4) is 0 Å². The summed E-state index contributed by atoms with van der Waals surface area (Å²) in [7, 11) is 1.84. The third-order valence-corrected chi connectivity index (χ3v) is 21.5. The van der Waals surface area contributed by atoms with Gasteiger partial charge >= 0.3 is 5.97 Å². The quantitative estimate of drug-likeness (QED) is 0.0182. The average Bonchev–Trinajstić information content (AvgIpc) is 1.82. The van der Waals surface area contributed by atoms with Crippen LogP contribution in [-0.2, 0) is 16.6 Å². The summed E-state index contributed by atoms with van der Waals surface area (Å²) in [6.45, 7) is 34.5. The van der Waals surface area contributed by atoms with E-state index in [4.69, 9.17) is 30.7 Å². The third kappa shape index (κ3) is 33.5. The van der Waals surface area contributed by atoms with Crippen molar-refractivity contribution in [3.05, 3.63) is 471 Å². The smallest absolute Gasteiger partial charge is 0.343 e.